The Morgan fingerprint density at radius 1 is 1.17 bits per heavy atom. The summed E-state index contributed by atoms with van der Waals surface area (Å²) in [6.45, 7) is 22.4. The van der Waals surface area contributed by atoms with E-state index in [0.717, 1.165) is 11.3 Å². The van der Waals surface area contributed by atoms with Gasteiger partial charge >= 0.3 is 0 Å². The lowest BCUT2D eigenvalue weighted by atomic mass is 9.73. The van der Waals surface area contributed by atoms with Gasteiger partial charge in [0.2, 0.25) is 8.32 Å². The second-order valence-electron chi connectivity index (χ2n) is 11.1. The smallest absolute Gasteiger partial charge is 0.250 e. The Hall–Kier alpha value is -1.61. The van der Waals surface area contributed by atoms with Crippen molar-refractivity contribution in [2.75, 3.05) is 0 Å². The molecule has 0 aliphatic heterocycles. The monoisotopic (exact) mass is 410 g/mol. The minimum absolute atomic E-state index is 0.0628. The zero-order valence-corrected chi connectivity index (χ0v) is 20.5. The largest absolute Gasteiger partial charge is 0.547 e. The highest BCUT2D eigenvalue weighted by Gasteiger charge is 2.58. The first-order valence-corrected chi connectivity index (χ1v) is 13.9. The second-order valence-corrected chi connectivity index (χ2v) is 15.8. The van der Waals surface area contributed by atoms with Gasteiger partial charge in [-0.1, -0.05) is 77.1 Å². The third kappa shape index (κ3) is 3.56. The van der Waals surface area contributed by atoms with Gasteiger partial charge in [-0.05, 0) is 49.0 Å². The molecule has 2 nitrogen and oxygen atoms in total. The van der Waals surface area contributed by atoms with Crippen molar-refractivity contribution in [2.24, 2.45) is 23.2 Å². The number of hydrogen-bond donors (Lipinski definition) is 0. The number of carbonyl (C=O) groups excluding carboxylic acids is 1. The van der Waals surface area contributed by atoms with Crippen LogP contribution in [0.4, 0.5) is 0 Å². The van der Waals surface area contributed by atoms with E-state index >= 15 is 0 Å². The molecule has 0 amide bonds. The van der Waals surface area contributed by atoms with E-state index in [9.17, 15) is 4.79 Å². The highest BCUT2D eigenvalue weighted by Crippen LogP contribution is 2.59. The van der Waals surface area contributed by atoms with Crippen LogP contribution in [0.3, 0.4) is 0 Å². The minimum atomic E-state index is -2.00. The van der Waals surface area contributed by atoms with Crippen molar-refractivity contribution in [3.05, 3.63) is 59.9 Å². The Morgan fingerprint density at radius 3 is 2.28 bits per heavy atom. The Bertz CT molecular complexity index is 828. The van der Waals surface area contributed by atoms with Crippen LogP contribution in [0, 0.1) is 23.2 Å². The van der Waals surface area contributed by atoms with Crippen molar-refractivity contribution < 1.29 is 9.22 Å². The summed E-state index contributed by atoms with van der Waals surface area (Å²) in [6.07, 6.45) is 2.92. The molecule has 0 N–H and O–H groups in total. The molecule has 2 aliphatic carbocycles. The maximum absolute atomic E-state index is 13.8. The standard InChI is InChI=1S/C26H38O2Si/c1-17(2)21-20(28-29(8,9)25(4,5)6)15-16-26(7)18(3)22(23(21)24(26)27)19-13-11-10-12-14-19/h10-15,17,21-23H,3,16H2,1-2,4-9H3/t21-,22+,23+,26-/m1/s1. The van der Waals surface area contributed by atoms with Crippen LogP contribution >= 0.6 is 0 Å². The van der Waals surface area contributed by atoms with Crippen molar-refractivity contribution in [3.63, 3.8) is 0 Å². The first-order chi connectivity index (χ1) is 13.3. The quantitative estimate of drug-likeness (QED) is 0.390. The number of rotatable bonds is 4. The highest BCUT2D eigenvalue weighted by molar-refractivity contribution is 6.74. The molecule has 0 saturated heterocycles. The van der Waals surface area contributed by atoms with Crippen molar-refractivity contribution in [1.29, 1.82) is 0 Å². The Morgan fingerprint density at radius 2 is 1.76 bits per heavy atom. The van der Waals surface area contributed by atoms with Gasteiger partial charge in [-0.3, -0.25) is 4.79 Å². The molecule has 0 radical (unpaired) electrons. The predicted molar refractivity (Wildman–Crippen MR) is 124 cm³/mol. The van der Waals surface area contributed by atoms with Gasteiger partial charge in [0.25, 0.3) is 0 Å². The van der Waals surface area contributed by atoms with Gasteiger partial charge in [-0.25, -0.2) is 0 Å². The normalized spacial score (nSPS) is 30.4. The van der Waals surface area contributed by atoms with Crippen LogP contribution in [0.5, 0.6) is 0 Å². The highest BCUT2D eigenvalue weighted by atomic mass is 28.4. The van der Waals surface area contributed by atoms with Gasteiger partial charge in [-0.2, -0.15) is 0 Å². The summed E-state index contributed by atoms with van der Waals surface area (Å²) < 4.78 is 6.88. The van der Waals surface area contributed by atoms with Crippen molar-refractivity contribution in [1.82, 2.24) is 0 Å². The van der Waals surface area contributed by atoms with Crippen LogP contribution in [0.1, 0.15) is 59.4 Å². The summed E-state index contributed by atoms with van der Waals surface area (Å²) in [5.41, 5.74) is 1.78. The number of benzene rings is 1. The first kappa shape index (κ1) is 22.1. The summed E-state index contributed by atoms with van der Waals surface area (Å²) in [7, 11) is -2.00. The van der Waals surface area contributed by atoms with E-state index in [-0.39, 0.29) is 22.8 Å². The van der Waals surface area contributed by atoms with Crippen LogP contribution in [-0.4, -0.2) is 14.1 Å². The van der Waals surface area contributed by atoms with Crippen LogP contribution in [0.25, 0.3) is 0 Å². The topological polar surface area (TPSA) is 26.3 Å². The summed E-state index contributed by atoms with van der Waals surface area (Å²) in [5.74, 6) is 1.77. The molecular weight excluding hydrogens is 372 g/mol. The molecule has 1 saturated carbocycles. The molecule has 1 aromatic carbocycles. The van der Waals surface area contributed by atoms with E-state index in [4.69, 9.17) is 4.43 Å². The maximum atomic E-state index is 13.8. The molecule has 158 valence electrons. The molecule has 0 heterocycles. The number of hydrogen-bond acceptors (Lipinski definition) is 2. The maximum Gasteiger partial charge on any atom is 0.250 e. The number of carbonyl (C=O) groups is 1. The molecule has 3 rings (SSSR count). The number of fused-ring (bicyclic) bond motifs is 2. The van der Waals surface area contributed by atoms with Crippen LogP contribution in [-0.2, 0) is 9.22 Å². The van der Waals surface area contributed by atoms with E-state index in [0.29, 0.717) is 18.1 Å². The van der Waals surface area contributed by atoms with Gasteiger partial charge in [0.05, 0.1) is 11.2 Å². The van der Waals surface area contributed by atoms with Crippen LogP contribution in [0.15, 0.2) is 54.3 Å². The summed E-state index contributed by atoms with van der Waals surface area (Å²) in [6, 6.07) is 10.5. The summed E-state index contributed by atoms with van der Waals surface area (Å²) >= 11 is 0. The molecular formula is C26H38O2Si. The SMILES string of the molecule is C=C1[C@@H](c2ccccc2)[C@H]2C(=O)[C@]1(C)CC=C(O[Si](C)(C)C(C)(C)C)[C@H]2C(C)C. The lowest BCUT2D eigenvalue weighted by Crippen LogP contribution is -2.43. The van der Waals surface area contributed by atoms with Gasteiger partial charge in [-0.15, -0.1) is 0 Å². The van der Waals surface area contributed by atoms with E-state index in [1.165, 1.54) is 5.56 Å². The first-order valence-electron chi connectivity index (χ1n) is 11.0. The van der Waals surface area contributed by atoms with Crippen LogP contribution in [0.2, 0.25) is 18.1 Å². The van der Waals surface area contributed by atoms with Crippen molar-refractivity contribution in [2.45, 2.75) is 72.0 Å². The van der Waals surface area contributed by atoms with Gasteiger partial charge in [0.1, 0.15) is 5.78 Å². The molecule has 2 aliphatic rings. The van der Waals surface area contributed by atoms with Crippen LogP contribution < -0.4 is 0 Å². The minimum Gasteiger partial charge on any atom is -0.547 e. The summed E-state index contributed by atoms with van der Waals surface area (Å²) in [5, 5.41) is 0.122. The average molecular weight is 411 g/mol. The molecule has 1 aromatic rings. The fraction of sp³-hybridized carbons (Fsp3) is 0.577. The van der Waals surface area contributed by atoms with Gasteiger partial charge < -0.3 is 4.43 Å². The van der Waals surface area contributed by atoms with Gasteiger partial charge in [0.15, 0.2) is 0 Å². The zero-order valence-electron chi connectivity index (χ0n) is 19.5. The Labute approximate surface area is 178 Å². The van der Waals surface area contributed by atoms with E-state index in [1.807, 2.05) is 6.07 Å². The third-order valence-corrected chi connectivity index (χ3v) is 12.1. The molecule has 3 heteroatoms. The Balaban J connectivity index is 2.12. The second kappa shape index (κ2) is 7.26. The fourth-order valence-corrected chi connectivity index (χ4v) is 5.94. The molecule has 0 aromatic heterocycles. The zero-order chi connectivity index (χ0) is 21.8. The number of Topliss-reactive ketones (excluding diaryl/α,β-unsaturated/α-hetero) is 1. The van der Waals surface area contributed by atoms with E-state index in [2.05, 4.69) is 91.6 Å². The molecule has 29 heavy (non-hydrogen) atoms. The van der Waals surface area contributed by atoms with Crippen molar-refractivity contribution in [3.8, 4) is 0 Å². The molecule has 2 bridgehead atoms. The molecule has 0 unspecified atom stereocenters. The lowest BCUT2D eigenvalue weighted by Gasteiger charge is -2.41. The lowest BCUT2D eigenvalue weighted by molar-refractivity contribution is -0.128. The Kier molecular flexibility index (Phi) is 5.53. The fourth-order valence-electron chi connectivity index (χ4n) is 4.83. The van der Waals surface area contributed by atoms with E-state index < -0.39 is 13.7 Å². The third-order valence-electron chi connectivity index (χ3n) is 7.77. The molecule has 1 fully saturated rings. The number of allylic oxidation sites excluding steroid dienone is 3. The van der Waals surface area contributed by atoms with Gasteiger partial charge in [0, 0.05) is 17.8 Å². The van der Waals surface area contributed by atoms with Crippen molar-refractivity contribution >= 4 is 14.1 Å². The summed E-state index contributed by atoms with van der Waals surface area (Å²) in [4.78, 5) is 13.8. The predicted octanol–water partition coefficient (Wildman–Crippen LogP) is 7.11. The number of ketones is 1. The average Bonchev–Trinajstić information content (AvgIpc) is 2.73. The molecule has 4 atom stereocenters. The van der Waals surface area contributed by atoms with E-state index in [1.54, 1.807) is 0 Å². The molecule has 0 spiro atoms.